The molecule has 2 N–H and O–H groups in total. The number of rotatable bonds is 5. The maximum Gasteiger partial charge on any atom is 0.144 e. The van der Waals surface area contributed by atoms with Crippen molar-refractivity contribution < 1.29 is 4.74 Å². The molecule has 1 fully saturated rings. The molecule has 0 heterocycles. The SMILES string of the molecule is CCOc1cc(N(CC)C2CC2)ccc1N. The summed E-state index contributed by atoms with van der Waals surface area (Å²) in [5.41, 5.74) is 7.81. The average Bonchev–Trinajstić information content (AvgIpc) is 3.08. The molecular weight excluding hydrogens is 200 g/mol. The van der Waals surface area contributed by atoms with Crippen LogP contribution in [0, 0.1) is 0 Å². The summed E-state index contributed by atoms with van der Waals surface area (Å²) in [4.78, 5) is 2.42. The molecule has 0 spiro atoms. The molecule has 1 aromatic rings. The zero-order chi connectivity index (χ0) is 11.5. The molecule has 3 nitrogen and oxygen atoms in total. The molecule has 1 aliphatic carbocycles. The van der Waals surface area contributed by atoms with Gasteiger partial charge in [-0.15, -0.1) is 0 Å². The Hall–Kier alpha value is -1.38. The van der Waals surface area contributed by atoms with Crippen molar-refractivity contribution in [2.45, 2.75) is 32.7 Å². The smallest absolute Gasteiger partial charge is 0.144 e. The molecule has 0 radical (unpaired) electrons. The van der Waals surface area contributed by atoms with Crippen molar-refractivity contribution in [2.24, 2.45) is 0 Å². The van der Waals surface area contributed by atoms with Crippen molar-refractivity contribution in [3.63, 3.8) is 0 Å². The van der Waals surface area contributed by atoms with E-state index in [1.54, 1.807) is 0 Å². The Morgan fingerprint density at radius 1 is 1.38 bits per heavy atom. The van der Waals surface area contributed by atoms with E-state index < -0.39 is 0 Å². The first-order chi connectivity index (χ1) is 7.76. The Kier molecular flexibility index (Phi) is 3.22. The predicted octanol–water partition coefficient (Wildman–Crippen LogP) is 2.66. The number of hydrogen-bond acceptors (Lipinski definition) is 3. The number of nitrogen functional groups attached to an aromatic ring is 1. The summed E-state index contributed by atoms with van der Waals surface area (Å²) in [5, 5.41) is 0. The zero-order valence-corrected chi connectivity index (χ0v) is 10.1. The molecule has 16 heavy (non-hydrogen) atoms. The van der Waals surface area contributed by atoms with Crippen LogP contribution in [0.1, 0.15) is 26.7 Å². The van der Waals surface area contributed by atoms with Crippen LogP contribution >= 0.6 is 0 Å². The van der Waals surface area contributed by atoms with E-state index in [1.165, 1.54) is 18.5 Å². The minimum Gasteiger partial charge on any atom is -0.492 e. The van der Waals surface area contributed by atoms with Crippen LogP contribution in [0.5, 0.6) is 5.75 Å². The highest BCUT2D eigenvalue weighted by atomic mass is 16.5. The van der Waals surface area contributed by atoms with E-state index in [-0.39, 0.29) is 0 Å². The predicted molar refractivity (Wildman–Crippen MR) is 68.1 cm³/mol. The maximum atomic E-state index is 5.87. The first-order valence-electron chi connectivity index (χ1n) is 6.05. The monoisotopic (exact) mass is 220 g/mol. The van der Waals surface area contributed by atoms with Crippen LogP contribution in [0.25, 0.3) is 0 Å². The molecule has 1 aromatic carbocycles. The fourth-order valence-corrected chi connectivity index (χ4v) is 2.02. The van der Waals surface area contributed by atoms with E-state index in [4.69, 9.17) is 10.5 Å². The van der Waals surface area contributed by atoms with Gasteiger partial charge in [0.15, 0.2) is 0 Å². The molecule has 0 unspecified atom stereocenters. The summed E-state index contributed by atoms with van der Waals surface area (Å²) in [6.07, 6.45) is 2.62. The lowest BCUT2D eigenvalue weighted by atomic mass is 10.2. The van der Waals surface area contributed by atoms with E-state index >= 15 is 0 Å². The van der Waals surface area contributed by atoms with E-state index in [0.29, 0.717) is 6.61 Å². The van der Waals surface area contributed by atoms with Crippen LogP contribution < -0.4 is 15.4 Å². The van der Waals surface area contributed by atoms with Gasteiger partial charge in [0, 0.05) is 24.3 Å². The van der Waals surface area contributed by atoms with Gasteiger partial charge in [0.2, 0.25) is 0 Å². The summed E-state index contributed by atoms with van der Waals surface area (Å²) >= 11 is 0. The van der Waals surface area contributed by atoms with Crippen molar-refractivity contribution in [3.05, 3.63) is 18.2 Å². The minimum atomic E-state index is 0.656. The van der Waals surface area contributed by atoms with Gasteiger partial charge >= 0.3 is 0 Å². The quantitative estimate of drug-likeness (QED) is 0.775. The summed E-state index contributed by atoms with van der Waals surface area (Å²) in [6.45, 7) is 5.86. The molecular formula is C13H20N2O. The molecule has 2 rings (SSSR count). The molecule has 0 atom stereocenters. The Morgan fingerprint density at radius 2 is 2.12 bits per heavy atom. The van der Waals surface area contributed by atoms with Crippen molar-refractivity contribution in [2.75, 3.05) is 23.8 Å². The normalized spacial score (nSPS) is 14.9. The Labute approximate surface area is 97.2 Å². The second-order valence-corrected chi connectivity index (χ2v) is 4.17. The highest BCUT2D eigenvalue weighted by molar-refractivity contribution is 5.63. The zero-order valence-electron chi connectivity index (χ0n) is 10.1. The van der Waals surface area contributed by atoms with Gasteiger partial charge in [-0.3, -0.25) is 0 Å². The second-order valence-electron chi connectivity index (χ2n) is 4.17. The lowest BCUT2D eigenvalue weighted by Crippen LogP contribution is -2.24. The fourth-order valence-electron chi connectivity index (χ4n) is 2.02. The molecule has 0 bridgehead atoms. The van der Waals surface area contributed by atoms with Crippen molar-refractivity contribution in [3.8, 4) is 5.75 Å². The summed E-state index contributed by atoms with van der Waals surface area (Å²) < 4.78 is 5.52. The van der Waals surface area contributed by atoms with Crippen molar-refractivity contribution >= 4 is 11.4 Å². The number of hydrogen-bond donors (Lipinski definition) is 1. The van der Waals surface area contributed by atoms with Crippen LogP contribution in [-0.2, 0) is 0 Å². The van der Waals surface area contributed by atoms with Crippen molar-refractivity contribution in [1.29, 1.82) is 0 Å². The van der Waals surface area contributed by atoms with Crippen LogP contribution in [-0.4, -0.2) is 19.2 Å². The Morgan fingerprint density at radius 3 is 2.69 bits per heavy atom. The van der Waals surface area contributed by atoms with Gasteiger partial charge in [-0.2, -0.15) is 0 Å². The maximum absolute atomic E-state index is 5.87. The van der Waals surface area contributed by atoms with E-state index in [2.05, 4.69) is 24.0 Å². The molecule has 0 saturated heterocycles. The third-order valence-electron chi connectivity index (χ3n) is 2.96. The standard InChI is InChI=1S/C13H20N2O/c1-3-15(10-5-6-10)11-7-8-12(14)13(9-11)16-4-2/h7-10H,3-6,14H2,1-2H3. The molecule has 0 aromatic heterocycles. The Balaban J connectivity index is 2.22. The molecule has 1 saturated carbocycles. The van der Waals surface area contributed by atoms with Crippen LogP contribution in [0.15, 0.2) is 18.2 Å². The van der Waals surface area contributed by atoms with Gasteiger partial charge in [0.25, 0.3) is 0 Å². The van der Waals surface area contributed by atoms with E-state index in [1.807, 2.05) is 13.0 Å². The summed E-state index contributed by atoms with van der Waals surface area (Å²) in [5.74, 6) is 0.805. The largest absolute Gasteiger partial charge is 0.492 e. The summed E-state index contributed by atoms with van der Waals surface area (Å²) in [7, 11) is 0. The number of benzene rings is 1. The summed E-state index contributed by atoms with van der Waals surface area (Å²) in [6, 6.07) is 6.80. The van der Waals surface area contributed by atoms with E-state index in [9.17, 15) is 0 Å². The van der Waals surface area contributed by atoms with E-state index in [0.717, 1.165) is 24.0 Å². The van der Waals surface area contributed by atoms with Gasteiger partial charge < -0.3 is 15.4 Å². The lowest BCUT2D eigenvalue weighted by Gasteiger charge is -2.23. The first kappa shape index (κ1) is 11.1. The number of nitrogens with two attached hydrogens (primary N) is 1. The van der Waals surface area contributed by atoms with Crippen LogP contribution in [0.2, 0.25) is 0 Å². The van der Waals surface area contributed by atoms with Crippen molar-refractivity contribution in [1.82, 2.24) is 0 Å². The first-order valence-corrected chi connectivity index (χ1v) is 6.05. The Bertz CT molecular complexity index is 361. The highest BCUT2D eigenvalue weighted by Gasteiger charge is 2.28. The van der Waals surface area contributed by atoms with Gasteiger partial charge in [-0.05, 0) is 38.8 Å². The fraction of sp³-hybridized carbons (Fsp3) is 0.538. The number of ether oxygens (including phenoxy) is 1. The molecule has 0 amide bonds. The topological polar surface area (TPSA) is 38.5 Å². The van der Waals surface area contributed by atoms with Crippen LogP contribution in [0.4, 0.5) is 11.4 Å². The number of anilines is 2. The molecule has 3 heteroatoms. The molecule has 1 aliphatic rings. The second kappa shape index (κ2) is 4.64. The van der Waals surface area contributed by atoms with Gasteiger partial charge in [-0.25, -0.2) is 0 Å². The number of nitrogens with zero attached hydrogens (tertiary/aromatic N) is 1. The molecule has 88 valence electrons. The highest BCUT2D eigenvalue weighted by Crippen LogP contribution is 2.34. The van der Waals surface area contributed by atoms with Gasteiger partial charge in [0.1, 0.15) is 5.75 Å². The van der Waals surface area contributed by atoms with Gasteiger partial charge in [-0.1, -0.05) is 0 Å². The van der Waals surface area contributed by atoms with Crippen LogP contribution in [0.3, 0.4) is 0 Å². The third-order valence-corrected chi connectivity index (χ3v) is 2.96. The lowest BCUT2D eigenvalue weighted by molar-refractivity contribution is 0.342. The molecule has 0 aliphatic heterocycles. The minimum absolute atomic E-state index is 0.656. The average molecular weight is 220 g/mol. The van der Waals surface area contributed by atoms with Gasteiger partial charge in [0.05, 0.1) is 12.3 Å². The third kappa shape index (κ3) is 2.23.